The molecule has 148 valence electrons. The molecular weight excluding hydrogens is 414 g/mol. The van der Waals surface area contributed by atoms with E-state index in [1.807, 2.05) is 73.7 Å². The number of carbonyl (C=O) groups is 1. The SMILES string of the molecule is Cc1ccc2oc(-c3ccccc3NC(=O)CSc3nc4ccccc4s3)nc2c1. The van der Waals surface area contributed by atoms with Crippen molar-refractivity contribution >= 4 is 56.0 Å². The number of para-hydroxylation sites is 2. The fourth-order valence-corrected chi connectivity index (χ4v) is 5.03. The number of nitrogens with one attached hydrogen (secondary N) is 1. The highest BCUT2D eigenvalue weighted by Gasteiger charge is 2.15. The van der Waals surface area contributed by atoms with Crippen molar-refractivity contribution in [1.82, 2.24) is 9.97 Å². The van der Waals surface area contributed by atoms with E-state index in [-0.39, 0.29) is 11.7 Å². The molecule has 2 heterocycles. The first-order valence-corrected chi connectivity index (χ1v) is 11.2. The van der Waals surface area contributed by atoms with Crippen LogP contribution in [0.5, 0.6) is 0 Å². The van der Waals surface area contributed by atoms with E-state index >= 15 is 0 Å². The number of hydrogen-bond acceptors (Lipinski definition) is 6. The third kappa shape index (κ3) is 3.81. The van der Waals surface area contributed by atoms with Gasteiger partial charge in [-0.05, 0) is 48.9 Å². The summed E-state index contributed by atoms with van der Waals surface area (Å²) in [6.07, 6.45) is 0. The number of thioether (sulfide) groups is 1. The van der Waals surface area contributed by atoms with Crippen LogP contribution in [-0.4, -0.2) is 21.6 Å². The van der Waals surface area contributed by atoms with E-state index in [2.05, 4.69) is 15.3 Å². The van der Waals surface area contributed by atoms with Gasteiger partial charge < -0.3 is 9.73 Å². The molecule has 0 fully saturated rings. The van der Waals surface area contributed by atoms with E-state index in [9.17, 15) is 4.79 Å². The van der Waals surface area contributed by atoms with Crippen LogP contribution in [0.3, 0.4) is 0 Å². The van der Waals surface area contributed by atoms with Crippen LogP contribution in [0.1, 0.15) is 5.56 Å². The summed E-state index contributed by atoms with van der Waals surface area (Å²) in [6, 6.07) is 21.4. The maximum atomic E-state index is 12.6. The molecule has 0 aliphatic carbocycles. The molecule has 0 bridgehead atoms. The van der Waals surface area contributed by atoms with Crippen LogP contribution in [0.25, 0.3) is 32.8 Å². The van der Waals surface area contributed by atoms with Gasteiger partial charge in [0, 0.05) is 0 Å². The summed E-state index contributed by atoms with van der Waals surface area (Å²) in [6.45, 7) is 2.02. The fourth-order valence-electron chi connectivity index (χ4n) is 3.16. The molecule has 0 saturated carbocycles. The molecule has 1 N–H and O–H groups in total. The van der Waals surface area contributed by atoms with Crippen LogP contribution in [0.2, 0.25) is 0 Å². The number of fused-ring (bicyclic) bond motifs is 2. The Bertz CT molecular complexity index is 1340. The molecule has 0 atom stereocenters. The monoisotopic (exact) mass is 431 g/mol. The largest absolute Gasteiger partial charge is 0.436 e. The first-order valence-electron chi connectivity index (χ1n) is 9.40. The number of anilines is 1. The number of nitrogens with zero attached hydrogens (tertiary/aromatic N) is 2. The van der Waals surface area contributed by atoms with Gasteiger partial charge in [-0.2, -0.15) is 0 Å². The highest BCUT2D eigenvalue weighted by atomic mass is 32.2. The number of aromatic nitrogens is 2. The highest BCUT2D eigenvalue weighted by molar-refractivity contribution is 8.01. The van der Waals surface area contributed by atoms with Gasteiger partial charge in [0.25, 0.3) is 0 Å². The quantitative estimate of drug-likeness (QED) is 0.338. The fraction of sp³-hybridized carbons (Fsp3) is 0.0870. The van der Waals surface area contributed by atoms with Crippen molar-refractivity contribution in [3.05, 3.63) is 72.3 Å². The maximum absolute atomic E-state index is 12.6. The average Bonchev–Trinajstić information content (AvgIpc) is 3.36. The minimum absolute atomic E-state index is 0.0985. The van der Waals surface area contributed by atoms with Crippen molar-refractivity contribution in [2.75, 3.05) is 11.1 Å². The van der Waals surface area contributed by atoms with Gasteiger partial charge in [0.1, 0.15) is 5.52 Å². The molecule has 3 aromatic carbocycles. The second-order valence-electron chi connectivity index (χ2n) is 6.82. The number of rotatable bonds is 5. The molecule has 0 saturated heterocycles. The van der Waals surface area contributed by atoms with Gasteiger partial charge in [0.15, 0.2) is 9.92 Å². The van der Waals surface area contributed by atoms with Crippen LogP contribution in [-0.2, 0) is 4.79 Å². The van der Waals surface area contributed by atoms with E-state index in [0.29, 0.717) is 11.6 Å². The highest BCUT2D eigenvalue weighted by Crippen LogP contribution is 2.32. The second-order valence-corrected chi connectivity index (χ2v) is 9.07. The summed E-state index contributed by atoms with van der Waals surface area (Å²) in [5.41, 5.74) is 5.04. The van der Waals surface area contributed by atoms with Gasteiger partial charge in [0.2, 0.25) is 11.8 Å². The lowest BCUT2D eigenvalue weighted by molar-refractivity contribution is -0.113. The topological polar surface area (TPSA) is 68.0 Å². The molecule has 0 spiro atoms. The lowest BCUT2D eigenvalue weighted by atomic mass is 10.1. The number of carbonyl (C=O) groups excluding carboxylic acids is 1. The first kappa shape index (κ1) is 18.8. The first-order chi connectivity index (χ1) is 14.7. The molecule has 0 radical (unpaired) electrons. The van der Waals surface area contributed by atoms with Crippen molar-refractivity contribution < 1.29 is 9.21 Å². The Balaban J connectivity index is 1.33. The van der Waals surface area contributed by atoms with E-state index in [1.165, 1.54) is 11.8 Å². The van der Waals surface area contributed by atoms with Crippen LogP contribution in [0.4, 0.5) is 5.69 Å². The van der Waals surface area contributed by atoms with Crippen LogP contribution >= 0.6 is 23.1 Å². The smallest absolute Gasteiger partial charge is 0.234 e. The zero-order valence-corrected chi connectivity index (χ0v) is 17.7. The lowest BCUT2D eigenvalue weighted by Gasteiger charge is -2.08. The van der Waals surface area contributed by atoms with Crippen molar-refractivity contribution in [1.29, 1.82) is 0 Å². The van der Waals surface area contributed by atoms with Gasteiger partial charge in [0.05, 0.1) is 27.2 Å². The van der Waals surface area contributed by atoms with Gasteiger partial charge in [-0.15, -0.1) is 11.3 Å². The van der Waals surface area contributed by atoms with Gasteiger partial charge in [-0.3, -0.25) is 4.79 Å². The Labute approximate surface area is 181 Å². The summed E-state index contributed by atoms with van der Waals surface area (Å²) < 4.78 is 7.92. The maximum Gasteiger partial charge on any atom is 0.234 e. The molecule has 0 unspecified atom stereocenters. The summed E-state index contributed by atoms with van der Waals surface area (Å²) in [4.78, 5) is 21.8. The number of oxazole rings is 1. The molecule has 5 aromatic rings. The average molecular weight is 432 g/mol. The number of thiazole rings is 1. The Morgan fingerprint density at radius 3 is 2.77 bits per heavy atom. The number of amides is 1. The van der Waals surface area contributed by atoms with E-state index in [4.69, 9.17) is 4.42 Å². The molecular formula is C23H17N3O2S2. The summed E-state index contributed by atoms with van der Waals surface area (Å²) in [7, 11) is 0. The summed E-state index contributed by atoms with van der Waals surface area (Å²) >= 11 is 3.03. The molecule has 1 amide bonds. The molecule has 5 nitrogen and oxygen atoms in total. The van der Waals surface area contributed by atoms with Crippen LogP contribution in [0, 0.1) is 6.92 Å². The van der Waals surface area contributed by atoms with Crippen LogP contribution < -0.4 is 5.32 Å². The molecule has 7 heteroatoms. The summed E-state index contributed by atoms with van der Waals surface area (Å²) in [5.74, 6) is 0.671. The Morgan fingerprint density at radius 1 is 1.03 bits per heavy atom. The minimum Gasteiger partial charge on any atom is -0.436 e. The molecule has 0 aliphatic rings. The molecule has 2 aromatic heterocycles. The normalized spacial score (nSPS) is 11.2. The van der Waals surface area contributed by atoms with Gasteiger partial charge >= 0.3 is 0 Å². The minimum atomic E-state index is -0.0985. The predicted molar refractivity (Wildman–Crippen MR) is 123 cm³/mol. The molecule has 30 heavy (non-hydrogen) atoms. The van der Waals surface area contributed by atoms with Crippen molar-refractivity contribution in [2.45, 2.75) is 11.3 Å². The summed E-state index contributed by atoms with van der Waals surface area (Å²) in [5, 5.41) is 2.99. The van der Waals surface area contributed by atoms with Gasteiger partial charge in [-0.1, -0.05) is 42.1 Å². The zero-order chi connectivity index (χ0) is 20.5. The van der Waals surface area contributed by atoms with Crippen molar-refractivity contribution in [2.24, 2.45) is 0 Å². The predicted octanol–water partition coefficient (Wildman–Crippen LogP) is 6.14. The van der Waals surface area contributed by atoms with Crippen molar-refractivity contribution in [3.8, 4) is 11.5 Å². The third-order valence-electron chi connectivity index (χ3n) is 4.58. The van der Waals surface area contributed by atoms with Crippen molar-refractivity contribution in [3.63, 3.8) is 0 Å². The second kappa shape index (κ2) is 7.93. The standard InChI is InChI=1S/C23H17N3O2S2/c1-14-10-11-19-18(12-14)25-22(28-19)15-6-2-3-7-16(15)24-21(27)13-29-23-26-17-8-4-5-9-20(17)30-23/h2-12H,13H2,1H3,(H,24,27). The number of benzene rings is 3. The Hall–Kier alpha value is -3.16. The van der Waals surface area contributed by atoms with Crippen LogP contribution in [0.15, 0.2) is 75.5 Å². The third-order valence-corrected chi connectivity index (χ3v) is 6.75. The Kier molecular flexibility index (Phi) is 4.98. The zero-order valence-electron chi connectivity index (χ0n) is 16.1. The van der Waals surface area contributed by atoms with E-state index < -0.39 is 0 Å². The van der Waals surface area contributed by atoms with Gasteiger partial charge in [-0.25, -0.2) is 9.97 Å². The number of aryl methyl sites for hydroxylation is 1. The van der Waals surface area contributed by atoms with E-state index in [0.717, 1.165) is 36.8 Å². The van der Waals surface area contributed by atoms with E-state index in [1.54, 1.807) is 11.3 Å². The number of hydrogen-bond donors (Lipinski definition) is 1. The lowest BCUT2D eigenvalue weighted by Crippen LogP contribution is -2.14. The molecule has 5 rings (SSSR count). The molecule has 0 aliphatic heterocycles. The Morgan fingerprint density at radius 2 is 1.87 bits per heavy atom.